The second-order valence-electron chi connectivity index (χ2n) is 5.20. The average molecular weight is 249 g/mol. The molecule has 1 saturated heterocycles. The zero-order valence-corrected chi connectivity index (χ0v) is 11.6. The van der Waals surface area contributed by atoms with Crippen molar-refractivity contribution in [3.63, 3.8) is 0 Å². The number of aromatic hydroxyl groups is 1. The third kappa shape index (κ3) is 3.00. The maximum atomic E-state index is 9.84. The Balaban J connectivity index is 2.03. The summed E-state index contributed by atoms with van der Waals surface area (Å²) in [6.45, 7) is 8.13. The predicted molar refractivity (Wildman–Crippen MR) is 72.6 cm³/mol. The largest absolute Gasteiger partial charge is 0.506 e. The zero-order valence-electron chi connectivity index (χ0n) is 11.6. The average Bonchev–Trinajstić information content (AvgIpc) is 2.36. The van der Waals surface area contributed by atoms with E-state index in [4.69, 9.17) is 0 Å². The third-order valence-corrected chi connectivity index (χ3v) is 3.80. The predicted octanol–water partition coefficient (Wildman–Crippen LogP) is 1.62. The summed E-state index contributed by atoms with van der Waals surface area (Å²) < 4.78 is 0. The lowest BCUT2D eigenvalue weighted by Gasteiger charge is -2.39. The van der Waals surface area contributed by atoms with E-state index in [-0.39, 0.29) is 0 Å². The molecule has 0 aliphatic carbocycles. The van der Waals surface area contributed by atoms with Gasteiger partial charge in [0.15, 0.2) is 0 Å². The Morgan fingerprint density at radius 1 is 1.39 bits per heavy atom. The molecule has 0 radical (unpaired) electrons. The van der Waals surface area contributed by atoms with E-state index in [1.807, 2.05) is 13.0 Å². The van der Waals surface area contributed by atoms with Gasteiger partial charge in [-0.1, -0.05) is 6.92 Å². The second-order valence-corrected chi connectivity index (χ2v) is 5.20. The monoisotopic (exact) mass is 249 g/mol. The van der Waals surface area contributed by atoms with E-state index >= 15 is 0 Å². The van der Waals surface area contributed by atoms with E-state index in [1.54, 1.807) is 6.07 Å². The molecule has 1 fully saturated rings. The topological polar surface area (TPSA) is 39.6 Å². The van der Waals surface area contributed by atoms with Crippen molar-refractivity contribution >= 4 is 0 Å². The summed E-state index contributed by atoms with van der Waals surface area (Å²) in [6.07, 6.45) is 1.17. The van der Waals surface area contributed by atoms with Crippen LogP contribution in [0.15, 0.2) is 12.1 Å². The fourth-order valence-corrected chi connectivity index (χ4v) is 2.53. The fourth-order valence-electron chi connectivity index (χ4n) is 2.53. The van der Waals surface area contributed by atoms with Crippen LogP contribution >= 0.6 is 0 Å². The minimum absolute atomic E-state index is 0.313. The summed E-state index contributed by atoms with van der Waals surface area (Å²) in [6, 6.07) is 4.20. The summed E-state index contributed by atoms with van der Waals surface area (Å²) >= 11 is 0. The summed E-state index contributed by atoms with van der Waals surface area (Å²) in [5.41, 5.74) is 1.76. The van der Waals surface area contributed by atoms with Gasteiger partial charge >= 0.3 is 0 Å². The number of rotatable bonds is 3. The third-order valence-electron chi connectivity index (χ3n) is 3.80. The minimum Gasteiger partial charge on any atom is -0.506 e. The van der Waals surface area contributed by atoms with Crippen molar-refractivity contribution in [1.82, 2.24) is 14.8 Å². The molecule has 1 aromatic heterocycles. The van der Waals surface area contributed by atoms with Gasteiger partial charge in [0, 0.05) is 37.9 Å². The van der Waals surface area contributed by atoms with Gasteiger partial charge in [0.1, 0.15) is 5.75 Å². The molecule has 0 bridgehead atoms. The summed E-state index contributed by atoms with van der Waals surface area (Å²) in [7, 11) is 2.19. The van der Waals surface area contributed by atoms with Crippen LogP contribution in [0.1, 0.15) is 24.7 Å². The number of aromatic nitrogens is 1. The number of piperazine rings is 1. The minimum atomic E-state index is 0.313. The van der Waals surface area contributed by atoms with Crippen molar-refractivity contribution < 1.29 is 5.11 Å². The first-order chi connectivity index (χ1) is 8.60. The molecular formula is C14H23N3O. The Hall–Kier alpha value is -1.13. The second kappa shape index (κ2) is 5.67. The lowest BCUT2D eigenvalue weighted by molar-refractivity contribution is 0.0869. The smallest absolute Gasteiger partial charge is 0.138 e. The number of hydrogen-bond donors (Lipinski definition) is 1. The number of hydrogen-bond acceptors (Lipinski definition) is 4. The maximum absolute atomic E-state index is 9.84. The molecule has 1 N–H and O–H groups in total. The van der Waals surface area contributed by atoms with E-state index in [9.17, 15) is 5.11 Å². The molecular weight excluding hydrogens is 226 g/mol. The molecule has 1 atom stereocenters. The van der Waals surface area contributed by atoms with E-state index in [2.05, 4.69) is 28.8 Å². The van der Waals surface area contributed by atoms with Crippen LogP contribution in [0.5, 0.6) is 5.75 Å². The van der Waals surface area contributed by atoms with Crippen molar-refractivity contribution in [2.45, 2.75) is 32.9 Å². The van der Waals surface area contributed by atoms with E-state index in [0.29, 0.717) is 11.8 Å². The van der Waals surface area contributed by atoms with Crippen molar-refractivity contribution in [3.8, 4) is 5.75 Å². The van der Waals surface area contributed by atoms with Gasteiger partial charge in [-0.05, 0) is 32.5 Å². The molecule has 0 amide bonds. The van der Waals surface area contributed by atoms with Gasteiger partial charge in [0.25, 0.3) is 0 Å². The Labute approximate surface area is 109 Å². The van der Waals surface area contributed by atoms with E-state index in [1.165, 1.54) is 6.42 Å². The molecule has 2 rings (SSSR count). The van der Waals surface area contributed by atoms with Gasteiger partial charge in [-0.25, -0.2) is 0 Å². The van der Waals surface area contributed by atoms with Crippen LogP contribution < -0.4 is 0 Å². The Morgan fingerprint density at radius 3 is 2.89 bits per heavy atom. The highest BCUT2D eigenvalue weighted by Crippen LogP contribution is 2.19. The maximum Gasteiger partial charge on any atom is 0.138 e. The molecule has 0 saturated carbocycles. The van der Waals surface area contributed by atoms with Gasteiger partial charge in [0.05, 0.1) is 5.69 Å². The van der Waals surface area contributed by atoms with Crippen molar-refractivity contribution in [1.29, 1.82) is 0 Å². The summed E-state index contributed by atoms with van der Waals surface area (Å²) in [5.74, 6) is 0.313. The molecule has 4 heteroatoms. The summed E-state index contributed by atoms with van der Waals surface area (Å²) in [4.78, 5) is 9.23. The highest BCUT2D eigenvalue weighted by atomic mass is 16.3. The molecule has 2 heterocycles. The van der Waals surface area contributed by atoms with Gasteiger partial charge in [-0.3, -0.25) is 9.88 Å². The SMILES string of the molecule is CCC1CN(Cc2nc(C)ccc2O)CCN1C. The summed E-state index contributed by atoms with van der Waals surface area (Å²) in [5, 5.41) is 9.84. The highest BCUT2D eigenvalue weighted by Gasteiger charge is 2.23. The Kier molecular flexibility index (Phi) is 4.19. The Bertz CT molecular complexity index is 408. The molecule has 1 aliphatic rings. The number of aryl methyl sites for hydroxylation is 1. The first-order valence-corrected chi connectivity index (χ1v) is 6.68. The molecule has 0 spiro atoms. The number of likely N-dealkylation sites (N-methyl/N-ethyl adjacent to an activating group) is 1. The molecule has 0 aromatic carbocycles. The number of nitrogens with zero attached hydrogens (tertiary/aromatic N) is 3. The van der Waals surface area contributed by atoms with Crippen LogP contribution in [0.25, 0.3) is 0 Å². The normalized spacial score (nSPS) is 22.3. The highest BCUT2D eigenvalue weighted by molar-refractivity contribution is 5.27. The first-order valence-electron chi connectivity index (χ1n) is 6.68. The first kappa shape index (κ1) is 13.3. The lowest BCUT2D eigenvalue weighted by atomic mass is 10.1. The van der Waals surface area contributed by atoms with Crippen LogP contribution in [0.2, 0.25) is 0 Å². The van der Waals surface area contributed by atoms with Crippen molar-refractivity contribution in [2.24, 2.45) is 0 Å². The zero-order chi connectivity index (χ0) is 13.1. The van der Waals surface area contributed by atoms with Crippen LogP contribution in [0, 0.1) is 6.92 Å². The van der Waals surface area contributed by atoms with Crippen LogP contribution in [-0.2, 0) is 6.54 Å². The van der Waals surface area contributed by atoms with Gasteiger partial charge in [0.2, 0.25) is 0 Å². The van der Waals surface area contributed by atoms with Crippen molar-refractivity contribution in [3.05, 3.63) is 23.5 Å². The molecule has 4 nitrogen and oxygen atoms in total. The quantitative estimate of drug-likeness (QED) is 0.883. The van der Waals surface area contributed by atoms with Crippen LogP contribution in [0.3, 0.4) is 0 Å². The van der Waals surface area contributed by atoms with Crippen LogP contribution in [0.4, 0.5) is 0 Å². The Morgan fingerprint density at radius 2 is 2.17 bits per heavy atom. The molecule has 1 aliphatic heterocycles. The van der Waals surface area contributed by atoms with Crippen LogP contribution in [-0.4, -0.2) is 52.6 Å². The van der Waals surface area contributed by atoms with E-state index < -0.39 is 0 Å². The standard InChI is InChI=1S/C14H23N3O/c1-4-12-9-17(8-7-16(12)3)10-13-14(18)6-5-11(2)15-13/h5-6,12,18H,4,7-10H2,1-3H3. The van der Waals surface area contributed by atoms with E-state index in [0.717, 1.165) is 37.6 Å². The van der Waals surface area contributed by atoms with Gasteiger partial charge < -0.3 is 10.0 Å². The molecule has 100 valence electrons. The van der Waals surface area contributed by atoms with Gasteiger partial charge in [-0.15, -0.1) is 0 Å². The fraction of sp³-hybridized carbons (Fsp3) is 0.643. The van der Waals surface area contributed by atoms with Gasteiger partial charge in [-0.2, -0.15) is 0 Å². The number of pyridine rings is 1. The van der Waals surface area contributed by atoms with Crippen molar-refractivity contribution in [2.75, 3.05) is 26.7 Å². The molecule has 1 unspecified atom stereocenters. The molecule has 18 heavy (non-hydrogen) atoms. The lowest BCUT2D eigenvalue weighted by Crippen LogP contribution is -2.50. The molecule has 1 aromatic rings.